The Balaban J connectivity index is 1.58. The zero-order valence-corrected chi connectivity index (χ0v) is 17.1. The number of carbonyl (C=O) groups is 2. The highest BCUT2D eigenvalue weighted by Crippen LogP contribution is 2.35. The molecule has 1 N–H and O–H groups in total. The summed E-state index contributed by atoms with van der Waals surface area (Å²) in [6, 6.07) is 12.9. The highest BCUT2D eigenvalue weighted by Gasteiger charge is 2.28. The quantitative estimate of drug-likeness (QED) is 0.795. The number of hydrogen-bond donors (Lipinski definition) is 1. The number of hydrogen-bond acceptors (Lipinski definition) is 3. The van der Waals surface area contributed by atoms with Crippen LogP contribution in [0.3, 0.4) is 0 Å². The van der Waals surface area contributed by atoms with E-state index in [-0.39, 0.29) is 29.2 Å². The summed E-state index contributed by atoms with van der Waals surface area (Å²) in [6.45, 7) is 1.06. The van der Waals surface area contributed by atoms with Crippen LogP contribution in [0.15, 0.2) is 42.5 Å². The van der Waals surface area contributed by atoms with E-state index >= 15 is 0 Å². The minimum atomic E-state index is -0.210. The molecule has 2 amide bonds. The third-order valence-corrected chi connectivity index (χ3v) is 5.44. The van der Waals surface area contributed by atoms with Gasteiger partial charge in [0, 0.05) is 19.1 Å². The monoisotopic (exact) mass is 420 g/mol. The molecule has 1 saturated heterocycles. The number of piperidine rings is 1. The molecule has 3 rings (SSSR count). The number of methoxy groups -OCH3 is 1. The first-order valence-corrected chi connectivity index (χ1v) is 9.89. The van der Waals surface area contributed by atoms with E-state index in [9.17, 15) is 9.59 Å². The molecule has 0 aliphatic carbocycles. The first-order chi connectivity index (χ1) is 13.5. The summed E-state index contributed by atoms with van der Waals surface area (Å²) in [5.41, 5.74) is 1.26. The molecule has 0 saturated carbocycles. The zero-order valence-electron chi connectivity index (χ0n) is 15.6. The highest BCUT2D eigenvalue weighted by molar-refractivity contribution is 6.37. The first-order valence-electron chi connectivity index (χ1n) is 9.14. The summed E-state index contributed by atoms with van der Waals surface area (Å²) in [5, 5.41) is 3.72. The molecular formula is C21H22Cl2N2O3. The number of nitrogens with zero attached hydrogens (tertiary/aromatic N) is 1. The Kier molecular flexibility index (Phi) is 6.81. The van der Waals surface area contributed by atoms with Crippen molar-refractivity contribution < 1.29 is 14.3 Å². The average molecular weight is 421 g/mol. The molecule has 0 unspecified atom stereocenters. The molecule has 5 nitrogen and oxygen atoms in total. The summed E-state index contributed by atoms with van der Waals surface area (Å²) in [7, 11) is 1.46. The summed E-state index contributed by atoms with van der Waals surface area (Å²) < 4.78 is 5.28. The van der Waals surface area contributed by atoms with Crippen LogP contribution in [0.1, 0.15) is 28.8 Å². The zero-order chi connectivity index (χ0) is 20.1. The van der Waals surface area contributed by atoms with Crippen molar-refractivity contribution in [3.8, 4) is 5.75 Å². The Morgan fingerprint density at radius 1 is 1.07 bits per heavy atom. The maximum atomic E-state index is 12.9. The van der Waals surface area contributed by atoms with Gasteiger partial charge in [0.2, 0.25) is 5.91 Å². The number of benzene rings is 2. The van der Waals surface area contributed by atoms with Crippen molar-refractivity contribution in [1.29, 1.82) is 0 Å². The van der Waals surface area contributed by atoms with Crippen molar-refractivity contribution in [1.82, 2.24) is 10.2 Å². The van der Waals surface area contributed by atoms with Crippen molar-refractivity contribution in [3.63, 3.8) is 0 Å². The summed E-state index contributed by atoms with van der Waals surface area (Å²) in [4.78, 5) is 26.9. The van der Waals surface area contributed by atoms with E-state index in [1.54, 1.807) is 17.0 Å². The van der Waals surface area contributed by atoms with Crippen LogP contribution >= 0.6 is 23.2 Å². The number of ether oxygens (including phenoxy) is 1. The molecule has 1 fully saturated rings. The maximum absolute atomic E-state index is 12.9. The smallest absolute Gasteiger partial charge is 0.259 e. The fourth-order valence-corrected chi connectivity index (χ4v) is 3.84. The van der Waals surface area contributed by atoms with Crippen LogP contribution in [-0.2, 0) is 11.2 Å². The molecule has 2 aromatic rings. The lowest BCUT2D eigenvalue weighted by Gasteiger charge is -2.33. The van der Waals surface area contributed by atoms with Gasteiger partial charge in [-0.15, -0.1) is 0 Å². The van der Waals surface area contributed by atoms with E-state index in [0.29, 0.717) is 42.4 Å². The number of carbonyl (C=O) groups excluding carboxylic acids is 2. The van der Waals surface area contributed by atoms with Crippen molar-refractivity contribution in [2.24, 2.45) is 0 Å². The van der Waals surface area contributed by atoms with Gasteiger partial charge in [0.05, 0.1) is 23.6 Å². The van der Waals surface area contributed by atoms with Gasteiger partial charge in [0.1, 0.15) is 5.56 Å². The predicted molar refractivity (Wildman–Crippen MR) is 110 cm³/mol. The Labute approximate surface area is 174 Å². The molecule has 1 aliphatic heterocycles. The van der Waals surface area contributed by atoms with E-state index in [0.717, 1.165) is 5.56 Å². The van der Waals surface area contributed by atoms with E-state index in [1.807, 2.05) is 30.3 Å². The van der Waals surface area contributed by atoms with Crippen LogP contribution in [0.25, 0.3) is 0 Å². The second kappa shape index (κ2) is 9.30. The van der Waals surface area contributed by atoms with Gasteiger partial charge >= 0.3 is 0 Å². The third-order valence-electron chi connectivity index (χ3n) is 4.83. The van der Waals surface area contributed by atoms with Crippen LogP contribution < -0.4 is 10.1 Å². The summed E-state index contributed by atoms with van der Waals surface area (Å²) in [6.07, 6.45) is 1.73. The third kappa shape index (κ3) is 4.78. The summed E-state index contributed by atoms with van der Waals surface area (Å²) in [5.74, 6) is 0.0754. The van der Waals surface area contributed by atoms with Crippen LogP contribution in [0, 0.1) is 0 Å². The molecule has 28 heavy (non-hydrogen) atoms. The summed E-state index contributed by atoms with van der Waals surface area (Å²) >= 11 is 12.4. The van der Waals surface area contributed by atoms with E-state index in [1.165, 1.54) is 7.11 Å². The number of amides is 2. The van der Waals surface area contributed by atoms with Gasteiger partial charge in [0.15, 0.2) is 5.75 Å². The van der Waals surface area contributed by atoms with Crippen LogP contribution in [0.2, 0.25) is 10.0 Å². The van der Waals surface area contributed by atoms with Gasteiger partial charge in [0.25, 0.3) is 5.91 Å². The molecule has 0 spiro atoms. The van der Waals surface area contributed by atoms with Crippen molar-refractivity contribution in [2.75, 3.05) is 20.2 Å². The average Bonchev–Trinajstić information content (AvgIpc) is 2.70. The maximum Gasteiger partial charge on any atom is 0.259 e. The second-order valence-electron chi connectivity index (χ2n) is 6.73. The minimum absolute atomic E-state index is 0.00414. The predicted octanol–water partition coefficient (Wildman–Crippen LogP) is 3.97. The van der Waals surface area contributed by atoms with E-state index in [2.05, 4.69) is 5.32 Å². The van der Waals surface area contributed by atoms with Gasteiger partial charge < -0.3 is 15.0 Å². The Morgan fingerprint density at radius 3 is 2.36 bits per heavy atom. The molecule has 0 aromatic heterocycles. The fourth-order valence-electron chi connectivity index (χ4n) is 3.38. The minimum Gasteiger partial charge on any atom is -0.494 e. The lowest BCUT2D eigenvalue weighted by Crippen LogP contribution is -2.47. The van der Waals surface area contributed by atoms with Gasteiger partial charge in [-0.3, -0.25) is 9.59 Å². The van der Waals surface area contributed by atoms with Crippen LogP contribution in [0.4, 0.5) is 0 Å². The number of nitrogens with one attached hydrogen (secondary N) is 1. The second-order valence-corrected chi connectivity index (χ2v) is 7.55. The lowest BCUT2D eigenvalue weighted by atomic mass is 10.0. The Bertz CT molecular complexity index is 850. The molecule has 1 heterocycles. The fraction of sp³-hybridized carbons (Fsp3) is 0.333. The lowest BCUT2D eigenvalue weighted by molar-refractivity contribution is -0.121. The molecule has 148 valence electrons. The molecule has 1 aliphatic rings. The molecule has 7 heteroatoms. The van der Waals surface area contributed by atoms with Crippen LogP contribution in [-0.4, -0.2) is 43.0 Å². The Hall–Kier alpha value is -2.24. The topological polar surface area (TPSA) is 58.6 Å². The molecule has 0 radical (unpaired) electrons. The number of halogens is 2. The van der Waals surface area contributed by atoms with E-state index in [4.69, 9.17) is 27.9 Å². The first kappa shape index (κ1) is 20.5. The van der Waals surface area contributed by atoms with Gasteiger partial charge in [-0.1, -0.05) is 53.5 Å². The standard InChI is InChI=1S/C21H22Cl2N2O3/c1-28-20-17(23)8-7-16(22)19(20)21(27)25-11-9-15(10-12-25)24-18(26)13-14-5-3-2-4-6-14/h2-8,15H,9-13H2,1H3,(H,24,26). The molecule has 0 atom stereocenters. The van der Waals surface area contributed by atoms with Crippen molar-refractivity contribution >= 4 is 35.0 Å². The van der Waals surface area contributed by atoms with E-state index < -0.39 is 0 Å². The van der Waals surface area contributed by atoms with Gasteiger partial charge in [-0.25, -0.2) is 0 Å². The Morgan fingerprint density at radius 2 is 1.71 bits per heavy atom. The van der Waals surface area contributed by atoms with Crippen molar-refractivity contribution in [2.45, 2.75) is 25.3 Å². The molecule has 2 aromatic carbocycles. The SMILES string of the molecule is COc1c(Cl)ccc(Cl)c1C(=O)N1CCC(NC(=O)Cc2ccccc2)CC1. The van der Waals surface area contributed by atoms with Gasteiger partial charge in [-0.2, -0.15) is 0 Å². The molecule has 0 bridgehead atoms. The number of rotatable bonds is 5. The highest BCUT2D eigenvalue weighted by atomic mass is 35.5. The normalized spacial score (nSPS) is 14.6. The van der Waals surface area contributed by atoms with Crippen LogP contribution in [0.5, 0.6) is 5.75 Å². The largest absolute Gasteiger partial charge is 0.494 e. The number of likely N-dealkylation sites (tertiary alicyclic amines) is 1. The molecular weight excluding hydrogens is 399 g/mol. The van der Waals surface area contributed by atoms with Gasteiger partial charge in [-0.05, 0) is 30.5 Å². The van der Waals surface area contributed by atoms with Crippen molar-refractivity contribution in [3.05, 3.63) is 63.6 Å².